The molecule has 0 radical (unpaired) electrons. The van der Waals surface area contributed by atoms with E-state index in [1.165, 1.54) is 16.8 Å². The van der Waals surface area contributed by atoms with Crippen molar-refractivity contribution in [1.82, 2.24) is 20.0 Å². The zero-order valence-electron chi connectivity index (χ0n) is 14.2. The summed E-state index contributed by atoms with van der Waals surface area (Å²) >= 11 is 0. The van der Waals surface area contributed by atoms with E-state index in [4.69, 9.17) is 4.74 Å². The number of hydrogen-bond donors (Lipinski definition) is 1. The summed E-state index contributed by atoms with van der Waals surface area (Å²) < 4.78 is 5.43. The van der Waals surface area contributed by atoms with Crippen LogP contribution in [-0.4, -0.2) is 72.5 Å². The molecule has 0 atom stereocenters. The van der Waals surface area contributed by atoms with E-state index in [9.17, 15) is 0 Å². The minimum Gasteiger partial charge on any atom is -0.379 e. The highest BCUT2D eigenvalue weighted by molar-refractivity contribution is 5.64. The van der Waals surface area contributed by atoms with E-state index in [0.29, 0.717) is 0 Å². The molecule has 24 heavy (non-hydrogen) atoms. The van der Waals surface area contributed by atoms with Crippen LogP contribution < -0.4 is 0 Å². The van der Waals surface area contributed by atoms with Crippen LogP contribution in [0.15, 0.2) is 30.3 Å². The molecule has 1 saturated heterocycles. The highest BCUT2D eigenvalue weighted by Gasteiger charge is 2.20. The van der Waals surface area contributed by atoms with Gasteiger partial charge in [-0.2, -0.15) is 5.10 Å². The number of benzene rings is 1. The van der Waals surface area contributed by atoms with Gasteiger partial charge in [-0.05, 0) is 6.42 Å². The maximum absolute atomic E-state index is 5.43. The lowest BCUT2D eigenvalue weighted by Crippen LogP contribution is -2.42. The van der Waals surface area contributed by atoms with Gasteiger partial charge in [0.25, 0.3) is 0 Å². The van der Waals surface area contributed by atoms with Gasteiger partial charge >= 0.3 is 0 Å². The third-order valence-corrected chi connectivity index (χ3v) is 5.19. The van der Waals surface area contributed by atoms with E-state index >= 15 is 0 Å². The molecule has 0 bridgehead atoms. The molecule has 128 valence electrons. The fourth-order valence-corrected chi connectivity index (χ4v) is 3.70. The van der Waals surface area contributed by atoms with Gasteiger partial charge in [-0.1, -0.05) is 30.3 Å². The smallest absolute Gasteiger partial charge is 0.0955 e. The van der Waals surface area contributed by atoms with Gasteiger partial charge < -0.3 is 9.64 Å². The van der Waals surface area contributed by atoms with Crippen molar-refractivity contribution in [3.05, 3.63) is 41.6 Å². The Bertz CT molecular complexity index is 649. The Balaban J connectivity index is 1.38. The second-order valence-electron chi connectivity index (χ2n) is 6.69. The van der Waals surface area contributed by atoms with Gasteiger partial charge in [-0.15, -0.1) is 0 Å². The van der Waals surface area contributed by atoms with Crippen molar-refractivity contribution >= 4 is 0 Å². The van der Waals surface area contributed by atoms with Crippen LogP contribution in [0.4, 0.5) is 0 Å². The van der Waals surface area contributed by atoms with E-state index in [0.717, 1.165) is 71.0 Å². The van der Waals surface area contributed by atoms with Crippen molar-refractivity contribution in [3.63, 3.8) is 0 Å². The summed E-state index contributed by atoms with van der Waals surface area (Å²) in [6, 6.07) is 10.5. The van der Waals surface area contributed by atoms with E-state index in [1.54, 1.807) is 0 Å². The molecule has 0 amide bonds. The third-order valence-electron chi connectivity index (χ3n) is 5.19. The van der Waals surface area contributed by atoms with Crippen molar-refractivity contribution in [1.29, 1.82) is 0 Å². The Morgan fingerprint density at radius 1 is 0.917 bits per heavy atom. The maximum Gasteiger partial charge on any atom is 0.0955 e. The normalized spacial score (nSPS) is 19.8. The van der Waals surface area contributed by atoms with Crippen molar-refractivity contribution in [2.75, 3.05) is 52.5 Å². The summed E-state index contributed by atoms with van der Waals surface area (Å²) in [5, 5.41) is 7.88. The monoisotopic (exact) mass is 326 g/mol. The highest BCUT2D eigenvalue weighted by atomic mass is 16.5. The quantitative estimate of drug-likeness (QED) is 0.931. The first-order valence-electron chi connectivity index (χ1n) is 9.04. The van der Waals surface area contributed by atoms with Crippen molar-refractivity contribution < 1.29 is 4.74 Å². The van der Waals surface area contributed by atoms with Crippen LogP contribution in [0.5, 0.6) is 0 Å². The fraction of sp³-hybridized carbons (Fsp3) is 0.526. The van der Waals surface area contributed by atoms with Gasteiger partial charge in [0.05, 0.1) is 18.9 Å². The molecule has 1 N–H and O–H groups in total. The molecule has 0 aliphatic carbocycles. The summed E-state index contributed by atoms with van der Waals surface area (Å²) in [5.41, 5.74) is 5.09. The van der Waals surface area contributed by atoms with Gasteiger partial charge in [-0.3, -0.25) is 10.00 Å². The third kappa shape index (κ3) is 3.53. The first kappa shape index (κ1) is 15.8. The molecule has 0 saturated carbocycles. The summed E-state index contributed by atoms with van der Waals surface area (Å²) in [4.78, 5) is 5.11. The van der Waals surface area contributed by atoms with Gasteiger partial charge in [0.15, 0.2) is 0 Å². The van der Waals surface area contributed by atoms with Crippen LogP contribution in [0.25, 0.3) is 11.3 Å². The molecule has 2 aliphatic rings. The van der Waals surface area contributed by atoms with E-state index in [-0.39, 0.29) is 0 Å². The number of ether oxygens (including phenoxy) is 1. The Kier molecular flexibility index (Phi) is 4.92. The molecule has 0 unspecified atom stereocenters. The molecule has 3 heterocycles. The topological polar surface area (TPSA) is 44.4 Å². The molecule has 1 fully saturated rings. The van der Waals surface area contributed by atoms with Crippen molar-refractivity contribution in [2.45, 2.75) is 12.8 Å². The molecule has 1 aromatic heterocycles. The predicted molar refractivity (Wildman–Crippen MR) is 95.1 cm³/mol. The van der Waals surface area contributed by atoms with Gasteiger partial charge in [0.1, 0.15) is 0 Å². The number of rotatable bonds is 4. The minimum absolute atomic E-state index is 0.886. The first-order chi connectivity index (χ1) is 11.9. The standard InChI is InChI=1S/C19H26N4O/c1-2-4-16(5-3-1)19-17-6-8-22(9-7-18(17)20-21-19)10-11-23-12-14-24-15-13-23/h1-5H,6-15H2,(H,20,21). The number of nitrogens with zero attached hydrogens (tertiary/aromatic N) is 3. The van der Waals surface area contributed by atoms with Crippen molar-refractivity contribution in [3.8, 4) is 11.3 Å². The second kappa shape index (κ2) is 7.47. The average molecular weight is 326 g/mol. The zero-order valence-corrected chi connectivity index (χ0v) is 14.2. The van der Waals surface area contributed by atoms with Crippen LogP contribution in [0.1, 0.15) is 11.3 Å². The van der Waals surface area contributed by atoms with Crippen LogP contribution in [-0.2, 0) is 17.6 Å². The summed E-state index contributed by atoms with van der Waals surface area (Å²) in [5.74, 6) is 0. The number of aromatic nitrogens is 2. The van der Waals surface area contributed by atoms with Crippen LogP contribution in [0.3, 0.4) is 0 Å². The summed E-state index contributed by atoms with van der Waals surface area (Å²) in [6.45, 7) is 8.47. The molecular weight excluding hydrogens is 300 g/mol. The van der Waals surface area contributed by atoms with E-state index in [1.807, 2.05) is 0 Å². The molecule has 2 aromatic rings. The van der Waals surface area contributed by atoms with Crippen LogP contribution >= 0.6 is 0 Å². The molecule has 5 nitrogen and oxygen atoms in total. The molecule has 5 heteroatoms. The zero-order chi connectivity index (χ0) is 16.2. The van der Waals surface area contributed by atoms with Gasteiger partial charge in [-0.25, -0.2) is 0 Å². The fourth-order valence-electron chi connectivity index (χ4n) is 3.70. The van der Waals surface area contributed by atoms with Crippen LogP contribution in [0, 0.1) is 0 Å². The SMILES string of the molecule is c1ccc(-c2n[nH]c3c2CCN(CCN2CCOCC2)CC3)cc1. The van der Waals surface area contributed by atoms with E-state index < -0.39 is 0 Å². The lowest BCUT2D eigenvalue weighted by molar-refractivity contribution is 0.0335. The molecule has 0 spiro atoms. The first-order valence-corrected chi connectivity index (χ1v) is 9.04. The highest BCUT2D eigenvalue weighted by Crippen LogP contribution is 2.26. The van der Waals surface area contributed by atoms with Gasteiger partial charge in [0, 0.05) is 62.5 Å². The van der Waals surface area contributed by atoms with Gasteiger partial charge in [0.2, 0.25) is 0 Å². The Morgan fingerprint density at radius 2 is 1.62 bits per heavy atom. The average Bonchev–Trinajstić information content (AvgIpc) is 2.95. The maximum atomic E-state index is 5.43. The van der Waals surface area contributed by atoms with Crippen molar-refractivity contribution in [2.24, 2.45) is 0 Å². The Morgan fingerprint density at radius 3 is 2.42 bits per heavy atom. The number of H-pyrrole nitrogens is 1. The number of aromatic amines is 1. The van der Waals surface area contributed by atoms with Crippen LogP contribution in [0.2, 0.25) is 0 Å². The number of nitrogens with one attached hydrogen (secondary N) is 1. The largest absolute Gasteiger partial charge is 0.379 e. The number of fused-ring (bicyclic) bond motifs is 1. The summed E-state index contributed by atoms with van der Waals surface area (Å²) in [7, 11) is 0. The molecular formula is C19H26N4O. The lowest BCUT2D eigenvalue weighted by Gasteiger charge is -2.29. The molecule has 4 rings (SSSR count). The molecule has 2 aliphatic heterocycles. The predicted octanol–water partition coefficient (Wildman–Crippen LogP) is 1.81. The summed E-state index contributed by atoms with van der Waals surface area (Å²) in [6.07, 6.45) is 2.15. The Hall–Kier alpha value is -1.69. The minimum atomic E-state index is 0.886. The lowest BCUT2D eigenvalue weighted by atomic mass is 10.0. The Labute approximate surface area is 143 Å². The number of hydrogen-bond acceptors (Lipinski definition) is 4. The van der Waals surface area contributed by atoms with E-state index in [2.05, 4.69) is 50.3 Å². The number of morpholine rings is 1. The second-order valence-corrected chi connectivity index (χ2v) is 6.69. The molecule has 1 aromatic carbocycles.